The first-order chi connectivity index (χ1) is 6.54. The van der Waals surface area contributed by atoms with Crippen LogP contribution in [0.4, 0.5) is 0 Å². The largest absolute Gasteiger partial charge is 0.478 e. The van der Waals surface area contributed by atoms with Crippen molar-refractivity contribution in [1.82, 2.24) is 4.98 Å². The third kappa shape index (κ3) is 2.41. The van der Waals surface area contributed by atoms with Gasteiger partial charge in [-0.3, -0.25) is 0 Å². The molecular formula is C8H6INO4. The Hall–Kier alpha value is -1.18. The number of carbonyl (C=O) groups excluding carboxylic acids is 1. The lowest BCUT2D eigenvalue weighted by Crippen LogP contribution is -2.08. The van der Waals surface area contributed by atoms with Crippen LogP contribution in [-0.2, 0) is 4.74 Å². The fraction of sp³-hybridized carbons (Fsp3) is 0.125. The van der Waals surface area contributed by atoms with Gasteiger partial charge in [-0.15, -0.1) is 0 Å². The van der Waals surface area contributed by atoms with E-state index in [0.29, 0.717) is 3.70 Å². The van der Waals surface area contributed by atoms with Crippen LogP contribution in [0.5, 0.6) is 0 Å². The van der Waals surface area contributed by atoms with Gasteiger partial charge in [0.2, 0.25) is 0 Å². The third-order valence-electron chi connectivity index (χ3n) is 1.44. The van der Waals surface area contributed by atoms with Gasteiger partial charge in [0.25, 0.3) is 0 Å². The number of hydrogen-bond donors (Lipinski definition) is 1. The van der Waals surface area contributed by atoms with Crippen molar-refractivity contribution < 1.29 is 19.4 Å². The molecule has 0 unspecified atom stereocenters. The minimum atomic E-state index is -1.10. The molecule has 0 fully saturated rings. The molecule has 74 valence electrons. The molecule has 1 aromatic rings. The van der Waals surface area contributed by atoms with Crippen LogP contribution < -0.4 is 0 Å². The number of nitrogens with zero attached hydrogens (tertiary/aromatic N) is 1. The number of ether oxygens (including phenoxy) is 1. The van der Waals surface area contributed by atoms with Crippen molar-refractivity contribution in [2.45, 2.75) is 0 Å². The van der Waals surface area contributed by atoms with Crippen molar-refractivity contribution in [2.24, 2.45) is 0 Å². The minimum Gasteiger partial charge on any atom is -0.478 e. The van der Waals surface area contributed by atoms with Crippen LogP contribution in [0.15, 0.2) is 12.1 Å². The Balaban J connectivity index is 3.20. The number of carboxylic acid groups (broad SMARTS) is 1. The maximum atomic E-state index is 11.1. The number of rotatable bonds is 2. The molecule has 0 aliphatic carbocycles. The predicted molar refractivity (Wildman–Crippen MR) is 55.3 cm³/mol. The molecule has 0 saturated carbocycles. The van der Waals surface area contributed by atoms with Crippen LogP contribution >= 0.6 is 22.6 Å². The molecule has 6 heteroatoms. The van der Waals surface area contributed by atoms with Crippen LogP contribution in [0.25, 0.3) is 0 Å². The highest BCUT2D eigenvalue weighted by atomic mass is 127. The first-order valence-corrected chi connectivity index (χ1v) is 4.61. The van der Waals surface area contributed by atoms with Crippen molar-refractivity contribution in [1.29, 1.82) is 0 Å². The third-order valence-corrected chi connectivity index (χ3v) is 1.99. The molecule has 5 nitrogen and oxygen atoms in total. The van der Waals surface area contributed by atoms with Gasteiger partial charge in [0, 0.05) is 0 Å². The van der Waals surface area contributed by atoms with Crippen LogP contribution in [0.2, 0.25) is 0 Å². The van der Waals surface area contributed by atoms with Gasteiger partial charge < -0.3 is 9.84 Å². The number of pyridine rings is 1. The summed E-state index contributed by atoms with van der Waals surface area (Å²) in [5.41, 5.74) is 0.0154. The maximum Gasteiger partial charge on any atom is 0.356 e. The average Bonchev–Trinajstić information content (AvgIpc) is 2.15. The van der Waals surface area contributed by atoms with Crippen LogP contribution in [0, 0.1) is 3.70 Å². The van der Waals surface area contributed by atoms with Crippen molar-refractivity contribution in [3.8, 4) is 0 Å². The number of aromatic carboxylic acids is 1. The molecule has 1 N–H and O–H groups in total. The molecule has 1 heterocycles. The number of carbonyl (C=O) groups is 2. The molecule has 0 spiro atoms. The summed E-state index contributed by atoms with van der Waals surface area (Å²) in [7, 11) is 1.21. The van der Waals surface area contributed by atoms with Crippen LogP contribution in [0.1, 0.15) is 20.8 Å². The lowest BCUT2D eigenvalue weighted by molar-refractivity contribution is 0.0594. The number of halogens is 1. The molecular weight excluding hydrogens is 301 g/mol. The zero-order chi connectivity index (χ0) is 10.7. The molecule has 0 aliphatic heterocycles. The summed E-state index contributed by atoms with van der Waals surface area (Å²) in [5, 5.41) is 8.70. The fourth-order valence-electron chi connectivity index (χ4n) is 0.830. The number of carboxylic acids is 1. The van der Waals surface area contributed by atoms with E-state index in [1.807, 2.05) is 22.6 Å². The van der Waals surface area contributed by atoms with Crippen molar-refractivity contribution in [3.63, 3.8) is 0 Å². The quantitative estimate of drug-likeness (QED) is 0.504. The first kappa shape index (κ1) is 10.9. The Morgan fingerprint density at radius 1 is 1.50 bits per heavy atom. The monoisotopic (exact) mass is 307 g/mol. The van der Waals surface area contributed by atoms with E-state index in [-0.39, 0.29) is 11.3 Å². The molecule has 0 saturated heterocycles. The van der Waals surface area contributed by atoms with Crippen molar-refractivity contribution >= 4 is 34.5 Å². The Labute approximate surface area is 93.2 Å². The number of aromatic nitrogens is 1. The normalized spacial score (nSPS) is 9.57. The fourth-order valence-corrected chi connectivity index (χ4v) is 1.42. The second-order valence-corrected chi connectivity index (χ2v) is 3.47. The van der Waals surface area contributed by atoms with Gasteiger partial charge in [-0.25, -0.2) is 14.6 Å². The van der Waals surface area contributed by atoms with E-state index in [0.717, 1.165) is 0 Å². The SMILES string of the molecule is COC(=O)c1cc(C(=O)O)cc(I)n1. The predicted octanol–water partition coefficient (Wildman–Crippen LogP) is 1.17. The van der Waals surface area contributed by atoms with Crippen molar-refractivity contribution in [3.05, 3.63) is 27.1 Å². The molecule has 0 amide bonds. The van der Waals surface area contributed by atoms with Crippen molar-refractivity contribution in [2.75, 3.05) is 7.11 Å². The zero-order valence-electron chi connectivity index (χ0n) is 7.15. The van der Waals surface area contributed by atoms with E-state index >= 15 is 0 Å². The van der Waals surface area contributed by atoms with E-state index in [1.165, 1.54) is 19.2 Å². The molecule has 1 rings (SSSR count). The molecule has 14 heavy (non-hydrogen) atoms. The van der Waals surface area contributed by atoms with E-state index in [2.05, 4.69) is 9.72 Å². The molecule has 1 aromatic heterocycles. The first-order valence-electron chi connectivity index (χ1n) is 3.54. The van der Waals surface area contributed by atoms with E-state index < -0.39 is 11.9 Å². The summed E-state index contributed by atoms with van der Waals surface area (Å²) < 4.78 is 4.86. The molecule has 0 atom stereocenters. The van der Waals surface area contributed by atoms with Crippen LogP contribution in [-0.4, -0.2) is 29.1 Å². The second kappa shape index (κ2) is 4.36. The summed E-state index contributed by atoms with van der Waals surface area (Å²) in [4.78, 5) is 25.5. The van der Waals surface area contributed by atoms with Gasteiger partial charge in [-0.2, -0.15) is 0 Å². The average molecular weight is 307 g/mol. The highest BCUT2D eigenvalue weighted by Crippen LogP contribution is 2.09. The summed E-state index contributed by atoms with van der Waals surface area (Å²) >= 11 is 1.83. The van der Waals surface area contributed by atoms with E-state index in [4.69, 9.17) is 5.11 Å². The Morgan fingerprint density at radius 3 is 2.64 bits per heavy atom. The van der Waals surface area contributed by atoms with E-state index in [1.54, 1.807) is 0 Å². The van der Waals surface area contributed by atoms with Gasteiger partial charge in [0.15, 0.2) is 0 Å². The Kier molecular flexibility index (Phi) is 3.39. The van der Waals surface area contributed by atoms with E-state index in [9.17, 15) is 9.59 Å². The molecule has 0 aromatic carbocycles. The standard InChI is InChI=1S/C8H6INO4/c1-14-8(13)5-2-4(7(11)12)3-6(9)10-5/h2-3H,1H3,(H,11,12). The Morgan fingerprint density at radius 2 is 2.14 bits per heavy atom. The van der Waals surface area contributed by atoms with Gasteiger partial charge in [-0.1, -0.05) is 0 Å². The smallest absolute Gasteiger partial charge is 0.356 e. The van der Waals surface area contributed by atoms with Crippen LogP contribution in [0.3, 0.4) is 0 Å². The van der Waals surface area contributed by atoms with Gasteiger partial charge in [0.05, 0.1) is 12.7 Å². The van der Waals surface area contributed by atoms with Gasteiger partial charge >= 0.3 is 11.9 Å². The zero-order valence-corrected chi connectivity index (χ0v) is 9.31. The highest BCUT2D eigenvalue weighted by molar-refractivity contribution is 14.1. The second-order valence-electron chi connectivity index (χ2n) is 2.36. The maximum absolute atomic E-state index is 11.1. The topological polar surface area (TPSA) is 76.5 Å². The van der Waals surface area contributed by atoms with Gasteiger partial charge in [-0.05, 0) is 34.7 Å². The summed E-state index contributed by atoms with van der Waals surface area (Å²) in [6.07, 6.45) is 0. The lowest BCUT2D eigenvalue weighted by atomic mass is 10.2. The molecule has 0 radical (unpaired) electrons. The summed E-state index contributed by atoms with van der Waals surface area (Å²) in [5.74, 6) is -1.75. The molecule has 0 aliphatic rings. The highest BCUT2D eigenvalue weighted by Gasteiger charge is 2.12. The lowest BCUT2D eigenvalue weighted by Gasteiger charge is -2.00. The Bertz CT molecular complexity index is 391. The number of hydrogen-bond acceptors (Lipinski definition) is 4. The minimum absolute atomic E-state index is 0.00296. The van der Waals surface area contributed by atoms with Gasteiger partial charge in [0.1, 0.15) is 9.39 Å². The number of esters is 1. The molecule has 0 bridgehead atoms. The summed E-state index contributed by atoms with van der Waals surface area (Å²) in [6.45, 7) is 0. The number of methoxy groups -OCH3 is 1. The summed E-state index contributed by atoms with van der Waals surface area (Å²) in [6, 6.07) is 2.55.